The first-order valence-corrected chi connectivity index (χ1v) is 25.8. The van der Waals surface area contributed by atoms with Crippen molar-refractivity contribution in [2.75, 3.05) is 13.2 Å². The minimum absolute atomic E-state index is 0.0708. The number of esters is 3. The molecule has 0 aliphatic rings. The maximum atomic E-state index is 12.8. The highest BCUT2D eigenvalue weighted by Gasteiger charge is 2.19. The van der Waals surface area contributed by atoms with Crippen molar-refractivity contribution in [1.29, 1.82) is 0 Å². The van der Waals surface area contributed by atoms with Crippen LogP contribution in [0.4, 0.5) is 0 Å². The summed E-state index contributed by atoms with van der Waals surface area (Å²) >= 11 is 0. The molecule has 6 heteroatoms. The quantitative estimate of drug-likeness (QED) is 0.0263. The molecule has 0 rings (SSSR count). The van der Waals surface area contributed by atoms with Gasteiger partial charge in [-0.15, -0.1) is 0 Å². The van der Waals surface area contributed by atoms with E-state index in [-0.39, 0.29) is 31.1 Å². The predicted molar refractivity (Wildman–Crippen MR) is 252 cm³/mol. The fourth-order valence-corrected chi connectivity index (χ4v) is 7.60. The van der Waals surface area contributed by atoms with E-state index < -0.39 is 6.10 Å². The number of carbonyl (C=O) groups is 3. The van der Waals surface area contributed by atoms with Crippen molar-refractivity contribution in [3.63, 3.8) is 0 Å². The molecule has 0 heterocycles. The lowest BCUT2D eigenvalue weighted by atomic mass is 10.0. The van der Waals surface area contributed by atoms with E-state index in [9.17, 15) is 14.4 Å². The van der Waals surface area contributed by atoms with Gasteiger partial charge in [-0.3, -0.25) is 14.4 Å². The Hall–Kier alpha value is -2.11. The zero-order valence-electron chi connectivity index (χ0n) is 39.5. The summed E-state index contributed by atoms with van der Waals surface area (Å²) in [5.74, 6) is -0.872. The molecule has 0 fully saturated rings. The molecule has 0 aliphatic carbocycles. The lowest BCUT2D eigenvalue weighted by Crippen LogP contribution is -2.30. The van der Waals surface area contributed by atoms with Crippen molar-refractivity contribution in [3.8, 4) is 0 Å². The van der Waals surface area contributed by atoms with E-state index in [4.69, 9.17) is 14.2 Å². The second-order valence-corrected chi connectivity index (χ2v) is 17.4. The summed E-state index contributed by atoms with van der Waals surface area (Å²) in [7, 11) is 0. The summed E-state index contributed by atoms with van der Waals surface area (Å²) in [5, 5.41) is 0. The van der Waals surface area contributed by atoms with E-state index in [1.54, 1.807) is 0 Å². The largest absolute Gasteiger partial charge is 0.462 e. The molecule has 0 aromatic carbocycles. The van der Waals surface area contributed by atoms with Gasteiger partial charge in [-0.25, -0.2) is 0 Å². The van der Waals surface area contributed by atoms with E-state index in [1.165, 1.54) is 154 Å². The maximum absolute atomic E-state index is 12.8. The van der Waals surface area contributed by atoms with Crippen LogP contribution in [0.1, 0.15) is 278 Å². The molecule has 0 radical (unpaired) electrons. The lowest BCUT2D eigenvalue weighted by molar-refractivity contribution is -0.167. The fourth-order valence-electron chi connectivity index (χ4n) is 7.60. The van der Waals surface area contributed by atoms with Crippen molar-refractivity contribution < 1.29 is 28.6 Å². The molecule has 6 nitrogen and oxygen atoms in total. The van der Waals surface area contributed by atoms with E-state index in [0.29, 0.717) is 19.3 Å². The molecular weight excluding hydrogens is 733 g/mol. The zero-order chi connectivity index (χ0) is 43.0. The van der Waals surface area contributed by atoms with Gasteiger partial charge >= 0.3 is 17.9 Å². The fraction of sp³-hybridized carbons (Fsp3) is 0.868. The molecule has 1 atom stereocenters. The van der Waals surface area contributed by atoms with Gasteiger partial charge in [-0.1, -0.05) is 238 Å². The third-order valence-electron chi connectivity index (χ3n) is 11.5. The maximum Gasteiger partial charge on any atom is 0.306 e. The molecule has 0 amide bonds. The summed E-state index contributed by atoms with van der Waals surface area (Å²) in [6.45, 7) is 6.55. The molecular formula is C53H98O6. The average molecular weight is 831 g/mol. The Labute approximate surface area is 366 Å². The number of ether oxygens (including phenoxy) is 3. The van der Waals surface area contributed by atoms with Gasteiger partial charge in [0.25, 0.3) is 0 Å². The molecule has 1 unspecified atom stereocenters. The van der Waals surface area contributed by atoms with E-state index in [2.05, 4.69) is 45.1 Å². The topological polar surface area (TPSA) is 78.9 Å². The Morgan fingerprint density at radius 2 is 0.661 bits per heavy atom. The van der Waals surface area contributed by atoms with Crippen molar-refractivity contribution >= 4 is 17.9 Å². The van der Waals surface area contributed by atoms with Gasteiger partial charge in [-0.05, 0) is 44.9 Å². The number of hydrogen-bond donors (Lipinski definition) is 0. The van der Waals surface area contributed by atoms with Crippen molar-refractivity contribution in [3.05, 3.63) is 24.3 Å². The second kappa shape index (κ2) is 48.6. The van der Waals surface area contributed by atoms with Gasteiger partial charge in [0.2, 0.25) is 0 Å². The van der Waals surface area contributed by atoms with Gasteiger partial charge in [-0.2, -0.15) is 0 Å². The van der Waals surface area contributed by atoms with Crippen LogP contribution < -0.4 is 0 Å². The molecule has 0 aromatic heterocycles. The standard InChI is InChI=1S/C53H98O6/c1-4-7-10-13-16-19-22-25-26-27-29-31-34-37-40-43-46-52(55)58-49-50(48-57-51(54)45-42-39-36-33-30-24-21-18-15-12-9-6-3)59-53(56)47-44-41-38-35-32-28-23-20-17-14-11-8-5-2/h9,12,18,21,50H,4-8,10-11,13-17,19-20,22-49H2,1-3H3/b12-9-,21-18-. The van der Waals surface area contributed by atoms with Crippen LogP contribution in [-0.2, 0) is 28.6 Å². The summed E-state index contributed by atoms with van der Waals surface area (Å²) < 4.78 is 16.8. The van der Waals surface area contributed by atoms with Crippen molar-refractivity contribution in [2.24, 2.45) is 0 Å². The Balaban J connectivity index is 4.32. The van der Waals surface area contributed by atoms with Crippen LogP contribution >= 0.6 is 0 Å². The molecule has 0 aliphatic heterocycles. The second-order valence-electron chi connectivity index (χ2n) is 17.4. The van der Waals surface area contributed by atoms with Gasteiger partial charge in [0.15, 0.2) is 6.10 Å². The first-order valence-electron chi connectivity index (χ1n) is 25.8. The number of hydrogen-bond acceptors (Lipinski definition) is 6. The third-order valence-corrected chi connectivity index (χ3v) is 11.5. The highest BCUT2D eigenvalue weighted by atomic mass is 16.6. The SMILES string of the molecule is CC/C=C\C/C=C\CCCCCCCC(=O)OCC(COC(=O)CCCCCCCCCCCCCCCCCC)OC(=O)CCCCCCCCCCCCCCC. The van der Waals surface area contributed by atoms with Crippen molar-refractivity contribution in [2.45, 2.75) is 284 Å². The summed E-state index contributed by atoms with van der Waals surface area (Å²) in [6.07, 6.45) is 54.5. The highest BCUT2D eigenvalue weighted by Crippen LogP contribution is 2.16. The number of allylic oxidation sites excluding steroid dienone is 4. The molecule has 0 saturated carbocycles. The molecule has 0 bridgehead atoms. The van der Waals surface area contributed by atoms with Crippen LogP contribution in [0.3, 0.4) is 0 Å². The molecule has 346 valence electrons. The first kappa shape index (κ1) is 56.9. The van der Waals surface area contributed by atoms with Gasteiger partial charge in [0.05, 0.1) is 0 Å². The van der Waals surface area contributed by atoms with Crippen LogP contribution in [0.15, 0.2) is 24.3 Å². The smallest absolute Gasteiger partial charge is 0.306 e. The Morgan fingerprint density at radius 3 is 1.02 bits per heavy atom. The van der Waals surface area contributed by atoms with Crippen LogP contribution in [0.5, 0.6) is 0 Å². The van der Waals surface area contributed by atoms with E-state index >= 15 is 0 Å². The normalized spacial score (nSPS) is 12.1. The molecule has 0 aromatic rings. The summed E-state index contributed by atoms with van der Waals surface area (Å²) in [6, 6.07) is 0. The highest BCUT2D eigenvalue weighted by molar-refractivity contribution is 5.71. The van der Waals surface area contributed by atoms with Crippen LogP contribution in [-0.4, -0.2) is 37.2 Å². The number of unbranched alkanes of at least 4 members (excludes halogenated alkanes) is 32. The zero-order valence-corrected chi connectivity index (χ0v) is 39.5. The Kier molecular flexibility index (Phi) is 46.8. The molecule has 0 saturated heterocycles. The average Bonchev–Trinajstić information content (AvgIpc) is 3.23. The molecule has 0 N–H and O–H groups in total. The molecule has 59 heavy (non-hydrogen) atoms. The Morgan fingerprint density at radius 1 is 0.356 bits per heavy atom. The summed E-state index contributed by atoms with van der Waals surface area (Å²) in [4.78, 5) is 37.9. The van der Waals surface area contributed by atoms with Gasteiger partial charge < -0.3 is 14.2 Å². The monoisotopic (exact) mass is 831 g/mol. The van der Waals surface area contributed by atoms with Crippen LogP contribution in [0.2, 0.25) is 0 Å². The van der Waals surface area contributed by atoms with Crippen LogP contribution in [0, 0.1) is 0 Å². The minimum Gasteiger partial charge on any atom is -0.462 e. The number of rotatable bonds is 47. The molecule has 0 spiro atoms. The third kappa shape index (κ3) is 46.8. The predicted octanol–water partition coefficient (Wildman–Crippen LogP) is 16.8. The van der Waals surface area contributed by atoms with Crippen molar-refractivity contribution in [1.82, 2.24) is 0 Å². The minimum atomic E-state index is -0.770. The summed E-state index contributed by atoms with van der Waals surface area (Å²) in [5.41, 5.74) is 0. The van der Waals surface area contributed by atoms with Crippen LogP contribution in [0.25, 0.3) is 0 Å². The number of carbonyl (C=O) groups excluding carboxylic acids is 3. The lowest BCUT2D eigenvalue weighted by Gasteiger charge is -2.18. The van der Waals surface area contributed by atoms with Gasteiger partial charge in [0.1, 0.15) is 13.2 Å². The van der Waals surface area contributed by atoms with E-state index in [0.717, 1.165) is 83.5 Å². The van der Waals surface area contributed by atoms with E-state index in [1.807, 2.05) is 0 Å². The Bertz CT molecular complexity index is 958. The first-order chi connectivity index (χ1) is 29.0. The van der Waals surface area contributed by atoms with Gasteiger partial charge in [0, 0.05) is 19.3 Å².